The summed E-state index contributed by atoms with van der Waals surface area (Å²) in [5.41, 5.74) is 0.560. The molecule has 134 valence electrons. The predicted molar refractivity (Wildman–Crippen MR) is 93.9 cm³/mol. The first-order valence-electron chi connectivity index (χ1n) is 7.38. The highest BCUT2D eigenvalue weighted by atomic mass is 32.2. The smallest absolute Gasteiger partial charge is 0.239 e. The molecule has 0 aliphatic heterocycles. The lowest BCUT2D eigenvalue weighted by molar-refractivity contribution is -0.121. The molecule has 8 nitrogen and oxygen atoms in total. The standard InChI is InChI=1S/C15H25N5O3S/c1-15(2,3)20-13(21)10-19-14(17-4)18-9-11-5-7-12(8-6-11)24(16,22)23/h5-8H,9-10H2,1-4H3,(H,20,21)(H2,16,22,23)(H2,17,18,19). The molecule has 0 saturated heterocycles. The van der Waals surface area contributed by atoms with E-state index in [1.807, 2.05) is 20.8 Å². The van der Waals surface area contributed by atoms with E-state index in [0.29, 0.717) is 12.5 Å². The number of hydrogen-bond acceptors (Lipinski definition) is 4. The van der Waals surface area contributed by atoms with Crippen LogP contribution in [-0.4, -0.2) is 39.4 Å². The van der Waals surface area contributed by atoms with Crippen molar-refractivity contribution in [1.29, 1.82) is 0 Å². The number of aliphatic imine (C=N–C) groups is 1. The molecule has 1 amide bonds. The van der Waals surface area contributed by atoms with Gasteiger partial charge in [-0.15, -0.1) is 0 Å². The number of nitrogens with one attached hydrogen (secondary N) is 3. The van der Waals surface area contributed by atoms with Crippen LogP contribution in [0.25, 0.3) is 0 Å². The van der Waals surface area contributed by atoms with Crippen LogP contribution in [0.3, 0.4) is 0 Å². The number of guanidine groups is 1. The number of carbonyl (C=O) groups excluding carboxylic acids is 1. The quantitative estimate of drug-likeness (QED) is 0.434. The lowest BCUT2D eigenvalue weighted by Gasteiger charge is -2.21. The number of hydrogen-bond donors (Lipinski definition) is 4. The highest BCUT2D eigenvalue weighted by molar-refractivity contribution is 7.89. The Bertz CT molecular complexity index is 691. The minimum atomic E-state index is -3.69. The number of primary sulfonamides is 1. The zero-order chi connectivity index (χ0) is 18.4. The molecule has 1 rings (SSSR count). The number of nitrogens with zero attached hydrogens (tertiary/aromatic N) is 1. The zero-order valence-corrected chi connectivity index (χ0v) is 15.2. The van der Waals surface area contributed by atoms with Gasteiger partial charge in [-0.25, -0.2) is 13.6 Å². The van der Waals surface area contributed by atoms with Crippen LogP contribution in [0.5, 0.6) is 0 Å². The van der Waals surface area contributed by atoms with Crippen molar-refractivity contribution in [2.24, 2.45) is 10.1 Å². The summed E-state index contributed by atoms with van der Waals surface area (Å²) >= 11 is 0. The summed E-state index contributed by atoms with van der Waals surface area (Å²) in [5.74, 6) is 0.331. The lowest BCUT2D eigenvalue weighted by atomic mass is 10.1. The molecule has 1 aromatic rings. The third-order valence-electron chi connectivity index (χ3n) is 2.87. The molecule has 24 heavy (non-hydrogen) atoms. The summed E-state index contributed by atoms with van der Waals surface area (Å²) < 4.78 is 22.4. The molecule has 0 spiro atoms. The first kappa shape index (κ1) is 19.9. The number of benzene rings is 1. The van der Waals surface area contributed by atoms with E-state index >= 15 is 0 Å². The number of sulfonamides is 1. The van der Waals surface area contributed by atoms with Crippen molar-refractivity contribution in [3.8, 4) is 0 Å². The fourth-order valence-corrected chi connectivity index (χ4v) is 2.35. The van der Waals surface area contributed by atoms with Crippen molar-refractivity contribution in [1.82, 2.24) is 16.0 Å². The van der Waals surface area contributed by atoms with Crippen LogP contribution in [-0.2, 0) is 21.4 Å². The van der Waals surface area contributed by atoms with Gasteiger partial charge >= 0.3 is 0 Å². The highest BCUT2D eigenvalue weighted by Gasteiger charge is 2.13. The fraction of sp³-hybridized carbons (Fsp3) is 0.467. The maximum absolute atomic E-state index is 11.8. The second-order valence-corrected chi connectivity index (χ2v) is 7.83. The molecule has 0 unspecified atom stereocenters. The molecule has 0 bridgehead atoms. The van der Waals surface area contributed by atoms with Crippen molar-refractivity contribution in [3.63, 3.8) is 0 Å². The van der Waals surface area contributed by atoms with E-state index in [1.165, 1.54) is 12.1 Å². The average Bonchev–Trinajstić information content (AvgIpc) is 2.45. The van der Waals surface area contributed by atoms with Crippen molar-refractivity contribution >= 4 is 21.9 Å². The van der Waals surface area contributed by atoms with E-state index < -0.39 is 10.0 Å². The predicted octanol–water partition coefficient (Wildman–Crippen LogP) is -0.0863. The molecule has 0 aromatic heterocycles. The number of rotatable bonds is 5. The SMILES string of the molecule is CN=C(NCC(=O)NC(C)(C)C)NCc1ccc(S(N)(=O)=O)cc1. The molecule has 0 radical (unpaired) electrons. The van der Waals surface area contributed by atoms with Crippen molar-refractivity contribution < 1.29 is 13.2 Å². The number of carbonyl (C=O) groups is 1. The van der Waals surface area contributed by atoms with Gasteiger partial charge in [-0.3, -0.25) is 9.79 Å². The summed E-state index contributed by atoms with van der Waals surface area (Å²) in [5, 5.41) is 13.8. The topological polar surface area (TPSA) is 126 Å². The normalized spacial score (nSPS) is 12.6. The highest BCUT2D eigenvalue weighted by Crippen LogP contribution is 2.08. The third-order valence-corrected chi connectivity index (χ3v) is 3.80. The van der Waals surface area contributed by atoms with Crippen LogP contribution in [0.1, 0.15) is 26.3 Å². The summed E-state index contributed by atoms with van der Waals surface area (Å²) in [6, 6.07) is 6.21. The van der Waals surface area contributed by atoms with Gasteiger partial charge in [0, 0.05) is 19.1 Å². The summed E-state index contributed by atoms with van der Waals surface area (Å²) in [6.45, 7) is 6.24. The Balaban J connectivity index is 2.51. The van der Waals surface area contributed by atoms with Gasteiger partial charge in [0.05, 0.1) is 11.4 Å². The fourth-order valence-electron chi connectivity index (χ4n) is 1.83. The van der Waals surface area contributed by atoms with Crippen molar-refractivity contribution in [2.45, 2.75) is 37.8 Å². The van der Waals surface area contributed by atoms with E-state index in [2.05, 4.69) is 20.9 Å². The molecule has 0 aliphatic carbocycles. The minimum absolute atomic E-state index is 0.0626. The molecule has 0 aliphatic rings. The van der Waals surface area contributed by atoms with Crippen molar-refractivity contribution in [3.05, 3.63) is 29.8 Å². The maximum Gasteiger partial charge on any atom is 0.239 e. The minimum Gasteiger partial charge on any atom is -0.352 e. The molecule has 9 heteroatoms. The first-order chi connectivity index (χ1) is 11.0. The molecule has 0 heterocycles. The van der Waals surface area contributed by atoms with Gasteiger partial charge in [-0.1, -0.05) is 12.1 Å². The zero-order valence-electron chi connectivity index (χ0n) is 14.4. The van der Waals surface area contributed by atoms with E-state index in [9.17, 15) is 13.2 Å². The first-order valence-corrected chi connectivity index (χ1v) is 8.93. The maximum atomic E-state index is 11.8. The average molecular weight is 355 g/mol. The van der Waals surface area contributed by atoms with Gasteiger partial charge in [0.15, 0.2) is 5.96 Å². The van der Waals surface area contributed by atoms with Gasteiger partial charge in [-0.05, 0) is 38.5 Å². The Morgan fingerprint density at radius 1 is 1.17 bits per heavy atom. The second-order valence-electron chi connectivity index (χ2n) is 6.27. The second kappa shape index (κ2) is 8.11. The molecule has 0 atom stereocenters. The summed E-state index contributed by atoms with van der Waals surface area (Å²) in [6.07, 6.45) is 0. The lowest BCUT2D eigenvalue weighted by Crippen LogP contribution is -2.48. The van der Waals surface area contributed by atoms with Gasteiger partial charge < -0.3 is 16.0 Å². The van der Waals surface area contributed by atoms with E-state index in [4.69, 9.17) is 5.14 Å². The van der Waals surface area contributed by atoms with Crippen molar-refractivity contribution in [2.75, 3.05) is 13.6 Å². The molecular formula is C15H25N5O3S. The van der Waals surface area contributed by atoms with Crippen LogP contribution in [0.2, 0.25) is 0 Å². The molecule has 0 saturated carbocycles. The number of amides is 1. The molecule has 1 aromatic carbocycles. The Morgan fingerprint density at radius 3 is 2.21 bits per heavy atom. The molecule has 5 N–H and O–H groups in total. The van der Waals surface area contributed by atoms with E-state index in [-0.39, 0.29) is 22.9 Å². The molecule has 0 fully saturated rings. The van der Waals surface area contributed by atoms with E-state index in [1.54, 1.807) is 19.2 Å². The summed E-state index contributed by atoms with van der Waals surface area (Å²) in [4.78, 5) is 15.8. The van der Waals surface area contributed by atoms with Gasteiger partial charge in [0.1, 0.15) is 0 Å². The van der Waals surface area contributed by atoms with Gasteiger partial charge in [-0.2, -0.15) is 0 Å². The van der Waals surface area contributed by atoms with Crippen LogP contribution in [0.4, 0.5) is 0 Å². The van der Waals surface area contributed by atoms with Gasteiger partial charge in [0.2, 0.25) is 15.9 Å². The van der Waals surface area contributed by atoms with Gasteiger partial charge in [0.25, 0.3) is 0 Å². The number of nitrogens with two attached hydrogens (primary N) is 1. The van der Waals surface area contributed by atoms with Crippen LogP contribution in [0, 0.1) is 0 Å². The van der Waals surface area contributed by atoms with Crippen LogP contribution >= 0.6 is 0 Å². The Morgan fingerprint density at radius 2 is 1.75 bits per heavy atom. The van der Waals surface area contributed by atoms with Crippen LogP contribution < -0.4 is 21.1 Å². The summed E-state index contributed by atoms with van der Waals surface area (Å²) in [7, 11) is -2.09. The Kier molecular flexibility index (Phi) is 6.73. The largest absolute Gasteiger partial charge is 0.352 e. The Labute approximate surface area is 143 Å². The third kappa shape index (κ3) is 7.42. The van der Waals surface area contributed by atoms with E-state index in [0.717, 1.165) is 5.56 Å². The molecular weight excluding hydrogens is 330 g/mol. The monoisotopic (exact) mass is 355 g/mol. The Hall–Kier alpha value is -2.13. The van der Waals surface area contributed by atoms with Crippen LogP contribution in [0.15, 0.2) is 34.2 Å².